The van der Waals surface area contributed by atoms with Crippen molar-refractivity contribution >= 4 is 17.6 Å². The number of hydrogen-bond acceptors (Lipinski definition) is 5. The van der Waals surface area contributed by atoms with Crippen LogP contribution in [0.15, 0.2) is 23.2 Å². The van der Waals surface area contributed by atoms with E-state index in [4.69, 9.17) is 9.47 Å². The van der Waals surface area contributed by atoms with Gasteiger partial charge in [-0.1, -0.05) is 6.92 Å². The number of anilines is 1. The summed E-state index contributed by atoms with van der Waals surface area (Å²) in [5.41, 5.74) is 0.551. The zero-order valence-electron chi connectivity index (χ0n) is 19.3. The second-order valence-corrected chi connectivity index (χ2v) is 9.09. The Labute approximate surface area is 185 Å². The molecule has 1 aromatic rings. The number of aliphatic imine (C=N–C) groups is 1. The Bertz CT molecular complexity index is 771. The van der Waals surface area contributed by atoms with Crippen LogP contribution in [-0.4, -0.2) is 67.7 Å². The fourth-order valence-electron chi connectivity index (χ4n) is 3.48. The number of nitrogens with one attached hydrogen (secondary N) is 3. The van der Waals surface area contributed by atoms with Crippen LogP contribution in [0.4, 0.5) is 5.69 Å². The summed E-state index contributed by atoms with van der Waals surface area (Å²) in [5, 5.41) is 9.63. The molecule has 1 aliphatic heterocycles. The van der Waals surface area contributed by atoms with Gasteiger partial charge < -0.3 is 25.4 Å². The summed E-state index contributed by atoms with van der Waals surface area (Å²) < 4.78 is 11.5. The third kappa shape index (κ3) is 7.94. The molecule has 0 atom stereocenters. The van der Waals surface area contributed by atoms with Gasteiger partial charge >= 0.3 is 0 Å². The number of amides is 1. The molecule has 0 spiro atoms. The van der Waals surface area contributed by atoms with Gasteiger partial charge in [-0.25, -0.2) is 4.99 Å². The Kier molecular flexibility index (Phi) is 8.01. The number of ether oxygens (including phenoxy) is 2. The molecule has 0 unspecified atom stereocenters. The van der Waals surface area contributed by atoms with Crippen molar-refractivity contribution in [1.82, 2.24) is 15.5 Å². The number of fused-ring (bicyclic) bond motifs is 1. The number of carbonyl (C=O) groups excluding carboxylic acids is 1. The highest BCUT2D eigenvalue weighted by atomic mass is 16.5. The van der Waals surface area contributed by atoms with Gasteiger partial charge in [0.05, 0.1) is 13.2 Å². The lowest BCUT2D eigenvalue weighted by Crippen LogP contribution is -2.43. The van der Waals surface area contributed by atoms with E-state index in [0.29, 0.717) is 19.2 Å². The SMILES string of the molecule is CCN(CCNC(=NCC(=O)NC(C)(C)C)Nc1ccc2c(c1)OCCCO2)C1CC1. The molecule has 0 bridgehead atoms. The topological polar surface area (TPSA) is 87.2 Å². The molecule has 1 aromatic carbocycles. The van der Waals surface area contributed by atoms with E-state index in [1.807, 2.05) is 39.0 Å². The van der Waals surface area contributed by atoms with E-state index < -0.39 is 0 Å². The van der Waals surface area contributed by atoms with Crippen molar-refractivity contribution in [2.24, 2.45) is 4.99 Å². The molecule has 3 N–H and O–H groups in total. The monoisotopic (exact) mass is 431 g/mol. The van der Waals surface area contributed by atoms with Crippen molar-refractivity contribution in [2.45, 2.75) is 58.5 Å². The number of carbonyl (C=O) groups is 1. The maximum Gasteiger partial charge on any atom is 0.242 e. The summed E-state index contributed by atoms with van der Waals surface area (Å²) in [6, 6.07) is 6.47. The lowest BCUT2D eigenvalue weighted by molar-refractivity contribution is -0.121. The average molecular weight is 432 g/mol. The van der Waals surface area contributed by atoms with Gasteiger partial charge in [0.25, 0.3) is 0 Å². The van der Waals surface area contributed by atoms with Crippen molar-refractivity contribution in [2.75, 3.05) is 44.7 Å². The molecule has 172 valence electrons. The molecule has 1 heterocycles. The van der Waals surface area contributed by atoms with E-state index >= 15 is 0 Å². The molecule has 0 radical (unpaired) electrons. The molecule has 0 saturated heterocycles. The summed E-state index contributed by atoms with van der Waals surface area (Å²) in [7, 11) is 0. The van der Waals surface area contributed by atoms with Crippen molar-refractivity contribution in [1.29, 1.82) is 0 Å². The smallest absolute Gasteiger partial charge is 0.242 e. The van der Waals surface area contributed by atoms with Crippen LogP contribution in [0.25, 0.3) is 0 Å². The first-order chi connectivity index (χ1) is 14.8. The molecule has 8 nitrogen and oxygen atoms in total. The van der Waals surface area contributed by atoms with Crippen LogP contribution in [0.2, 0.25) is 0 Å². The fourth-order valence-corrected chi connectivity index (χ4v) is 3.48. The first-order valence-electron chi connectivity index (χ1n) is 11.3. The lowest BCUT2D eigenvalue weighted by atomic mass is 10.1. The molecular weight excluding hydrogens is 394 g/mol. The molecule has 3 rings (SSSR count). The number of hydrogen-bond donors (Lipinski definition) is 3. The van der Waals surface area contributed by atoms with Crippen LogP contribution in [0.5, 0.6) is 11.5 Å². The van der Waals surface area contributed by atoms with Crippen molar-refractivity contribution in [3.63, 3.8) is 0 Å². The van der Waals surface area contributed by atoms with Gasteiger partial charge in [0.15, 0.2) is 17.5 Å². The Hall–Kier alpha value is -2.48. The Morgan fingerprint density at radius 1 is 1.19 bits per heavy atom. The molecule has 1 fully saturated rings. The van der Waals surface area contributed by atoms with Crippen LogP contribution in [0.3, 0.4) is 0 Å². The molecular formula is C23H37N5O3. The van der Waals surface area contributed by atoms with E-state index in [9.17, 15) is 4.79 Å². The minimum absolute atomic E-state index is 0.0528. The molecule has 1 saturated carbocycles. The number of benzene rings is 1. The molecule has 8 heteroatoms. The lowest BCUT2D eigenvalue weighted by Gasteiger charge is -2.22. The fraction of sp³-hybridized carbons (Fsp3) is 0.652. The van der Waals surface area contributed by atoms with Crippen LogP contribution < -0.4 is 25.4 Å². The quantitative estimate of drug-likeness (QED) is 0.433. The Morgan fingerprint density at radius 2 is 1.94 bits per heavy atom. The van der Waals surface area contributed by atoms with Crippen molar-refractivity contribution in [3.05, 3.63) is 18.2 Å². The van der Waals surface area contributed by atoms with Crippen LogP contribution in [0, 0.1) is 0 Å². The average Bonchev–Trinajstić information content (AvgIpc) is 3.55. The molecule has 0 aromatic heterocycles. The van der Waals surface area contributed by atoms with Gasteiger partial charge in [-0.15, -0.1) is 0 Å². The standard InChI is InChI=1S/C23H37N5O3/c1-5-28(18-8-9-18)12-11-24-22(25-16-21(29)27-23(2,3)4)26-17-7-10-19-20(15-17)31-14-6-13-30-19/h7,10,15,18H,5-6,8-9,11-14,16H2,1-4H3,(H,27,29)(H2,24,25,26). The minimum atomic E-state index is -0.284. The van der Waals surface area contributed by atoms with Crippen LogP contribution in [-0.2, 0) is 4.79 Å². The van der Waals surface area contributed by atoms with E-state index in [2.05, 4.69) is 32.8 Å². The summed E-state index contributed by atoms with van der Waals surface area (Å²) in [4.78, 5) is 19.2. The molecule has 31 heavy (non-hydrogen) atoms. The maximum atomic E-state index is 12.3. The van der Waals surface area contributed by atoms with Crippen molar-refractivity contribution < 1.29 is 14.3 Å². The Morgan fingerprint density at radius 3 is 2.61 bits per heavy atom. The highest BCUT2D eigenvalue weighted by Gasteiger charge is 2.27. The highest BCUT2D eigenvalue weighted by Crippen LogP contribution is 2.32. The second-order valence-electron chi connectivity index (χ2n) is 9.09. The summed E-state index contributed by atoms with van der Waals surface area (Å²) in [6.07, 6.45) is 3.44. The van der Waals surface area contributed by atoms with Crippen LogP contribution >= 0.6 is 0 Å². The van der Waals surface area contributed by atoms with Gasteiger partial charge in [-0.2, -0.15) is 0 Å². The van der Waals surface area contributed by atoms with E-state index in [1.165, 1.54) is 12.8 Å². The van der Waals surface area contributed by atoms with Gasteiger partial charge in [0.2, 0.25) is 5.91 Å². The van der Waals surface area contributed by atoms with Gasteiger partial charge in [-0.05, 0) is 52.3 Å². The van der Waals surface area contributed by atoms with Gasteiger partial charge in [0, 0.05) is 42.8 Å². The largest absolute Gasteiger partial charge is 0.490 e. The highest BCUT2D eigenvalue weighted by molar-refractivity contribution is 5.95. The first-order valence-corrected chi connectivity index (χ1v) is 11.3. The van der Waals surface area contributed by atoms with Crippen molar-refractivity contribution in [3.8, 4) is 11.5 Å². The summed E-state index contributed by atoms with van der Waals surface area (Å²) >= 11 is 0. The van der Waals surface area contributed by atoms with Gasteiger partial charge in [-0.3, -0.25) is 9.69 Å². The summed E-state index contributed by atoms with van der Waals surface area (Å²) in [5.74, 6) is 1.94. The zero-order chi connectivity index (χ0) is 22.3. The molecule has 2 aliphatic rings. The first kappa shape index (κ1) is 23.2. The predicted molar refractivity (Wildman–Crippen MR) is 124 cm³/mol. The summed E-state index contributed by atoms with van der Waals surface area (Å²) in [6.45, 7) is 12.2. The van der Waals surface area contributed by atoms with E-state index in [-0.39, 0.29) is 18.0 Å². The Balaban J connectivity index is 1.64. The normalized spacial score (nSPS) is 16.6. The van der Waals surface area contributed by atoms with E-state index in [0.717, 1.165) is 49.3 Å². The minimum Gasteiger partial charge on any atom is -0.490 e. The zero-order valence-corrected chi connectivity index (χ0v) is 19.3. The molecule has 1 aliphatic carbocycles. The second kappa shape index (κ2) is 10.7. The van der Waals surface area contributed by atoms with Crippen LogP contribution in [0.1, 0.15) is 47.0 Å². The third-order valence-electron chi connectivity index (χ3n) is 5.07. The third-order valence-corrected chi connectivity index (χ3v) is 5.07. The van der Waals surface area contributed by atoms with E-state index in [1.54, 1.807) is 0 Å². The number of nitrogens with zero attached hydrogens (tertiary/aromatic N) is 2. The molecule has 1 amide bonds. The number of likely N-dealkylation sites (N-methyl/N-ethyl adjacent to an activating group) is 1. The number of guanidine groups is 1. The predicted octanol–water partition coefficient (Wildman–Crippen LogP) is 2.60. The maximum absolute atomic E-state index is 12.3. The van der Waals surface area contributed by atoms with Gasteiger partial charge in [0.1, 0.15) is 6.54 Å². The number of rotatable bonds is 8.